The zero-order valence-corrected chi connectivity index (χ0v) is 12.5. The summed E-state index contributed by atoms with van der Waals surface area (Å²) in [6.07, 6.45) is -0.616. The molecule has 1 heterocycles. The summed E-state index contributed by atoms with van der Waals surface area (Å²) in [5, 5.41) is 4.18. The average Bonchev–Trinajstić information content (AvgIpc) is 2.89. The van der Waals surface area contributed by atoms with E-state index >= 15 is 0 Å². The monoisotopic (exact) mass is 317 g/mol. The summed E-state index contributed by atoms with van der Waals surface area (Å²) in [5.74, 6) is 0.463. The van der Waals surface area contributed by atoms with Crippen LogP contribution in [0, 0.1) is 0 Å². The minimum absolute atomic E-state index is 0.113. The number of halogens is 1. The number of aldehydes is 1. The van der Waals surface area contributed by atoms with E-state index in [1.165, 1.54) is 7.11 Å². The molecule has 1 N–H and O–H groups in total. The molecule has 120 valence electrons. The van der Waals surface area contributed by atoms with Crippen LogP contribution in [0.4, 0.5) is 4.39 Å². The number of fused-ring (bicyclic) bond motifs is 1. The Labute approximate surface area is 132 Å². The Kier molecular flexibility index (Phi) is 4.14. The maximum atomic E-state index is 13.2. The number of hydrogen-bond acceptors (Lipinski definition) is 4. The van der Waals surface area contributed by atoms with Gasteiger partial charge in [-0.1, -0.05) is 12.1 Å². The highest BCUT2D eigenvalue weighted by Crippen LogP contribution is 2.31. The fourth-order valence-corrected chi connectivity index (χ4v) is 2.70. The second-order valence-electron chi connectivity index (χ2n) is 5.41. The number of alkyl halides is 1. The van der Waals surface area contributed by atoms with E-state index in [9.17, 15) is 14.0 Å². The van der Waals surface area contributed by atoms with Crippen LogP contribution in [0.2, 0.25) is 0 Å². The summed E-state index contributed by atoms with van der Waals surface area (Å²) in [6.45, 7) is 0.184. The molecule has 0 bridgehead atoms. The molecule has 1 saturated heterocycles. The van der Waals surface area contributed by atoms with Gasteiger partial charge in [-0.3, -0.25) is 9.59 Å². The first kappa shape index (κ1) is 15.3. The molecule has 3 rings (SSSR count). The number of ether oxygens (including phenoxy) is 2. The molecular formula is C17H16FNO4. The Hall–Kier alpha value is -2.63. The van der Waals surface area contributed by atoms with Gasteiger partial charge >= 0.3 is 0 Å². The van der Waals surface area contributed by atoms with Crippen LogP contribution in [-0.2, 0) is 4.79 Å². The van der Waals surface area contributed by atoms with Crippen LogP contribution in [0.1, 0.15) is 16.8 Å². The summed E-state index contributed by atoms with van der Waals surface area (Å²) in [6, 6.07) is 8.58. The molecule has 6 heteroatoms. The van der Waals surface area contributed by atoms with E-state index < -0.39 is 12.1 Å². The van der Waals surface area contributed by atoms with Gasteiger partial charge in [0.05, 0.1) is 18.7 Å². The maximum absolute atomic E-state index is 13.2. The zero-order chi connectivity index (χ0) is 16.4. The van der Waals surface area contributed by atoms with Crippen molar-refractivity contribution < 1.29 is 23.5 Å². The van der Waals surface area contributed by atoms with E-state index in [0.717, 1.165) is 17.1 Å². The molecule has 2 aromatic carbocycles. The largest absolute Gasteiger partial charge is 0.496 e. The summed E-state index contributed by atoms with van der Waals surface area (Å²) in [4.78, 5) is 22.3. The lowest BCUT2D eigenvalue weighted by Crippen LogP contribution is -2.31. The van der Waals surface area contributed by atoms with E-state index in [2.05, 4.69) is 5.32 Å². The average molecular weight is 317 g/mol. The third kappa shape index (κ3) is 2.97. The maximum Gasteiger partial charge on any atom is 0.254 e. The van der Waals surface area contributed by atoms with Crippen molar-refractivity contribution in [2.45, 2.75) is 18.6 Å². The first-order valence-electron chi connectivity index (χ1n) is 7.25. The smallest absolute Gasteiger partial charge is 0.254 e. The lowest BCUT2D eigenvalue weighted by Gasteiger charge is -2.14. The third-order valence-electron chi connectivity index (χ3n) is 3.88. The van der Waals surface area contributed by atoms with Gasteiger partial charge in [0.25, 0.3) is 5.91 Å². The normalized spacial score (nSPS) is 20.3. The molecule has 0 radical (unpaired) electrons. The molecule has 1 aliphatic rings. The highest BCUT2D eigenvalue weighted by atomic mass is 19.1. The summed E-state index contributed by atoms with van der Waals surface area (Å²) in [5.41, 5.74) is 0.459. The number of methoxy groups -OCH3 is 1. The molecule has 1 fully saturated rings. The van der Waals surface area contributed by atoms with E-state index in [1.807, 2.05) is 12.1 Å². The van der Waals surface area contributed by atoms with Gasteiger partial charge in [-0.05, 0) is 23.6 Å². The molecule has 0 aliphatic carbocycles. The van der Waals surface area contributed by atoms with Crippen LogP contribution in [0.3, 0.4) is 0 Å². The van der Waals surface area contributed by atoms with Gasteiger partial charge in [-0.15, -0.1) is 0 Å². The number of rotatable bonds is 5. The van der Waals surface area contributed by atoms with Crippen LogP contribution in [-0.4, -0.2) is 38.1 Å². The summed E-state index contributed by atoms with van der Waals surface area (Å²) >= 11 is 0. The Balaban J connectivity index is 1.86. The van der Waals surface area contributed by atoms with Gasteiger partial charge in [-0.25, -0.2) is 4.39 Å². The van der Waals surface area contributed by atoms with Gasteiger partial charge in [-0.2, -0.15) is 0 Å². The number of carbonyl (C=O) groups is 2. The second kappa shape index (κ2) is 6.24. The predicted molar refractivity (Wildman–Crippen MR) is 82.8 cm³/mol. The van der Waals surface area contributed by atoms with Crippen LogP contribution < -0.4 is 14.8 Å². The fourth-order valence-electron chi connectivity index (χ4n) is 2.70. The molecule has 0 saturated carbocycles. The Morgan fingerprint density at radius 1 is 1.35 bits per heavy atom. The number of carbonyl (C=O) groups excluding carboxylic acids is 2. The van der Waals surface area contributed by atoms with Crippen molar-refractivity contribution in [2.75, 3.05) is 13.7 Å². The van der Waals surface area contributed by atoms with Crippen molar-refractivity contribution in [1.29, 1.82) is 0 Å². The first-order chi connectivity index (χ1) is 11.1. The second-order valence-corrected chi connectivity index (χ2v) is 5.41. The molecule has 0 aromatic heterocycles. The molecule has 2 aromatic rings. The Morgan fingerprint density at radius 3 is 2.83 bits per heavy atom. The van der Waals surface area contributed by atoms with Gasteiger partial charge in [0.15, 0.2) is 12.5 Å². The number of hydrogen-bond donors (Lipinski definition) is 1. The first-order valence-corrected chi connectivity index (χ1v) is 7.25. The fraction of sp³-hybridized carbons (Fsp3) is 0.294. The minimum atomic E-state index is -1.47. The van der Waals surface area contributed by atoms with Crippen molar-refractivity contribution in [3.63, 3.8) is 0 Å². The van der Waals surface area contributed by atoms with Crippen molar-refractivity contribution in [3.05, 3.63) is 35.9 Å². The minimum Gasteiger partial charge on any atom is -0.496 e. The number of nitrogens with one attached hydrogen (secondary N) is 1. The highest BCUT2D eigenvalue weighted by molar-refractivity contribution is 5.95. The third-order valence-corrected chi connectivity index (χ3v) is 3.88. The predicted octanol–water partition coefficient (Wildman–Crippen LogP) is 2.27. The van der Waals surface area contributed by atoms with Crippen molar-refractivity contribution in [1.82, 2.24) is 5.32 Å². The molecule has 0 spiro atoms. The van der Waals surface area contributed by atoms with Gasteiger partial charge < -0.3 is 14.8 Å². The Morgan fingerprint density at radius 2 is 2.17 bits per heavy atom. The van der Waals surface area contributed by atoms with E-state index in [0.29, 0.717) is 17.1 Å². The number of benzene rings is 2. The van der Waals surface area contributed by atoms with Crippen LogP contribution in [0.5, 0.6) is 11.5 Å². The summed E-state index contributed by atoms with van der Waals surface area (Å²) in [7, 11) is 1.49. The lowest BCUT2D eigenvalue weighted by atomic mass is 10.1. The summed E-state index contributed by atoms with van der Waals surface area (Å²) < 4.78 is 24.2. The van der Waals surface area contributed by atoms with Crippen LogP contribution >= 0.6 is 0 Å². The zero-order valence-electron chi connectivity index (χ0n) is 12.5. The van der Waals surface area contributed by atoms with E-state index in [4.69, 9.17) is 9.47 Å². The van der Waals surface area contributed by atoms with Crippen molar-refractivity contribution in [3.8, 4) is 11.5 Å². The molecule has 1 amide bonds. The quantitative estimate of drug-likeness (QED) is 0.859. The van der Waals surface area contributed by atoms with E-state index in [1.54, 1.807) is 18.2 Å². The SMILES string of the molecule is COc1cc2c(OCC3CC(F)C(=O)N3)cccc2cc1C=O. The van der Waals surface area contributed by atoms with Gasteiger partial charge in [0.1, 0.15) is 18.1 Å². The molecule has 2 unspecified atom stereocenters. The lowest BCUT2D eigenvalue weighted by molar-refractivity contribution is -0.123. The molecular weight excluding hydrogens is 301 g/mol. The standard InChI is InChI=1S/C17H16FNO4/c1-22-16-7-13-10(5-11(16)8-20)3-2-4-15(13)23-9-12-6-14(18)17(21)19-12/h2-5,7-8,12,14H,6,9H2,1H3,(H,19,21). The topological polar surface area (TPSA) is 64.6 Å². The number of amides is 1. The molecule has 5 nitrogen and oxygen atoms in total. The molecule has 1 aliphatic heterocycles. The van der Waals surface area contributed by atoms with Gasteiger partial charge in [0, 0.05) is 11.8 Å². The molecule has 23 heavy (non-hydrogen) atoms. The van der Waals surface area contributed by atoms with Crippen molar-refractivity contribution >= 4 is 23.0 Å². The Bertz CT molecular complexity index is 762. The molecule has 2 atom stereocenters. The highest BCUT2D eigenvalue weighted by Gasteiger charge is 2.32. The van der Waals surface area contributed by atoms with Crippen LogP contribution in [0.25, 0.3) is 10.8 Å². The van der Waals surface area contributed by atoms with Crippen LogP contribution in [0.15, 0.2) is 30.3 Å². The van der Waals surface area contributed by atoms with Gasteiger partial charge in [0.2, 0.25) is 0 Å². The van der Waals surface area contributed by atoms with Crippen molar-refractivity contribution in [2.24, 2.45) is 0 Å². The van der Waals surface area contributed by atoms with E-state index in [-0.39, 0.29) is 19.1 Å².